The van der Waals surface area contributed by atoms with E-state index in [9.17, 15) is 9.59 Å². The fraction of sp³-hybridized carbons (Fsp3) is 0.0500. The van der Waals surface area contributed by atoms with Gasteiger partial charge in [-0.3, -0.25) is 9.59 Å². The molecule has 3 rings (SSSR count). The van der Waals surface area contributed by atoms with Gasteiger partial charge in [-0.2, -0.15) is 5.10 Å². The quantitative estimate of drug-likeness (QED) is 0.349. The maximum Gasteiger partial charge on any atom is 0.307 e. The number of benzene rings is 2. The summed E-state index contributed by atoms with van der Waals surface area (Å²) in [6.45, 7) is 1.75. The molecule has 0 aliphatic carbocycles. The Hall–Kier alpha value is -2.61. The minimum atomic E-state index is -0.459. The number of hydrazone groups is 1. The van der Waals surface area contributed by atoms with Crippen molar-refractivity contribution in [3.63, 3.8) is 0 Å². The highest BCUT2D eigenvalue weighted by Crippen LogP contribution is 2.22. The van der Waals surface area contributed by atoms with E-state index < -0.39 is 5.91 Å². The van der Waals surface area contributed by atoms with Crippen LogP contribution in [0.5, 0.6) is 0 Å². The fourth-order valence-corrected chi connectivity index (χ4v) is 3.16. The first kappa shape index (κ1) is 21.1. The molecule has 0 saturated carbocycles. The Morgan fingerprint density at radius 3 is 2.34 bits per heavy atom. The number of furan rings is 1. The molecular formula is C20H14BrCl2N3O3. The van der Waals surface area contributed by atoms with Crippen molar-refractivity contribution < 1.29 is 14.0 Å². The van der Waals surface area contributed by atoms with Gasteiger partial charge < -0.3 is 9.73 Å². The minimum Gasteiger partial charge on any atom is -0.444 e. The Bertz CT molecular complexity index is 1090. The summed E-state index contributed by atoms with van der Waals surface area (Å²) in [5.41, 5.74) is 4.70. The summed E-state index contributed by atoms with van der Waals surface area (Å²) in [5, 5.41) is 7.56. The van der Waals surface area contributed by atoms with E-state index in [1.54, 1.807) is 49.4 Å². The molecule has 148 valence electrons. The molecule has 29 heavy (non-hydrogen) atoms. The average Bonchev–Trinajstić information content (AvgIpc) is 3.12. The average molecular weight is 495 g/mol. The zero-order valence-electron chi connectivity index (χ0n) is 15.0. The molecule has 0 bridgehead atoms. The van der Waals surface area contributed by atoms with Crippen LogP contribution >= 0.6 is 39.1 Å². The monoisotopic (exact) mass is 493 g/mol. The van der Waals surface area contributed by atoms with Gasteiger partial charge in [0.1, 0.15) is 0 Å². The van der Waals surface area contributed by atoms with Crippen LogP contribution in [-0.2, 0) is 0 Å². The van der Waals surface area contributed by atoms with Gasteiger partial charge in [-0.05, 0) is 70.9 Å². The number of amides is 2. The van der Waals surface area contributed by atoms with Crippen molar-refractivity contribution in [3.05, 3.63) is 86.2 Å². The van der Waals surface area contributed by atoms with E-state index in [1.165, 1.54) is 12.1 Å². The second kappa shape index (κ2) is 9.26. The number of nitrogens with zero attached hydrogens (tertiary/aromatic N) is 1. The lowest BCUT2D eigenvalue weighted by Gasteiger charge is -2.08. The first-order chi connectivity index (χ1) is 13.8. The molecule has 0 saturated heterocycles. The van der Waals surface area contributed by atoms with Crippen LogP contribution in [0, 0.1) is 0 Å². The molecule has 2 N–H and O–H groups in total. The summed E-state index contributed by atoms with van der Waals surface area (Å²) in [5.74, 6) is -0.659. The minimum absolute atomic E-state index is 0.146. The van der Waals surface area contributed by atoms with Crippen LogP contribution in [0.3, 0.4) is 0 Å². The highest BCUT2D eigenvalue weighted by Gasteiger charge is 2.12. The number of anilines is 1. The molecule has 0 radical (unpaired) electrons. The van der Waals surface area contributed by atoms with Gasteiger partial charge in [-0.1, -0.05) is 35.3 Å². The van der Waals surface area contributed by atoms with E-state index in [-0.39, 0.29) is 16.7 Å². The summed E-state index contributed by atoms with van der Waals surface area (Å²) in [6, 6.07) is 14.8. The zero-order chi connectivity index (χ0) is 21.0. The molecule has 2 aromatic carbocycles. The first-order valence-corrected chi connectivity index (χ1v) is 9.85. The molecule has 1 aromatic heterocycles. The summed E-state index contributed by atoms with van der Waals surface area (Å²) >= 11 is 15.0. The lowest BCUT2D eigenvalue weighted by Crippen LogP contribution is -2.18. The van der Waals surface area contributed by atoms with E-state index in [2.05, 4.69) is 31.8 Å². The van der Waals surface area contributed by atoms with Crippen molar-refractivity contribution in [2.45, 2.75) is 6.92 Å². The van der Waals surface area contributed by atoms with Gasteiger partial charge in [0.2, 0.25) is 0 Å². The Morgan fingerprint density at radius 2 is 1.72 bits per heavy atom. The molecule has 6 nitrogen and oxygen atoms in total. The number of carbonyl (C=O) groups is 2. The van der Waals surface area contributed by atoms with Crippen LogP contribution in [0.2, 0.25) is 10.0 Å². The molecule has 0 spiro atoms. The van der Waals surface area contributed by atoms with Gasteiger partial charge in [0.15, 0.2) is 10.4 Å². The lowest BCUT2D eigenvalue weighted by molar-refractivity contribution is 0.0925. The lowest BCUT2D eigenvalue weighted by atomic mass is 10.1. The Balaban J connectivity index is 1.64. The topological polar surface area (TPSA) is 83.7 Å². The maximum absolute atomic E-state index is 12.4. The second-order valence-corrected chi connectivity index (χ2v) is 7.52. The Morgan fingerprint density at radius 1 is 1.00 bits per heavy atom. The predicted octanol–water partition coefficient (Wildman–Crippen LogP) is 5.76. The molecule has 3 aromatic rings. The fourth-order valence-electron chi connectivity index (χ4n) is 2.36. The van der Waals surface area contributed by atoms with Gasteiger partial charge in [0.25, 0.3) is 5.91 Å². The van der Waals surface area contributed by atoms with Crippen molar-refractivity contribution in [3.8, 4) is 0 Å². The van der Waals surface area contributed by atoms with Crippen LogP contribution in [0.15, 0.2) is 68.8 Å². The third-order valence-electron chi connectivity index (χ3n) is 3.86. The van der Waals surface area contributed by atoms with Gasteiger partial charge in [-0.25, -0.2) is 5.43 Å². The van der Waals surface area contributed by atoms with E-state index in [0.717, 1.165) is 5.56 Å². The van der Waals surface area contributed by atoms with Gasteiger partial charge in [0, 0.05) is 10.7 Å². The van der Waals surface area contributed by atoms with Gasteiger partial charge >= 0.3 is 5.91 Å². The highest BCUT2D eigenvalue weighted by atomic mass is 79.9. The van der Waals surface area contributed by atoms with Crippen molar-refractivity contribution >= 4 is 62.3 Å². The van der Waals surface area contributed by atoms with Crippen LogP contribution in [0.1, 0.15) is 33.4 Å². The number of halogens is 3. The van der Waals surface area contributed by atoms with Crippen LogP contribution in [0.4, 0.5) is 5.69 Å². The number of nitrogens with one attached hydrogen (secondary N) is 2. The van der Waals surface area contributed by atoms with Crippen LogP contribution in [0.25, 0.3) is 0 Å². The molecule has 0 atom stereocenters. The first-order valence-electron chi connectivity index (χ1n) is 8.30. The normalized spacial score (nSPS) is 11.2. The standard InChI is InChI=1S/C20H14BrCl2N3O3/c1-11(25-26-20(28)17-8-9-18(21)29-17)12-2-5-14(6-3-12)24-19(27)15-7-4-13(22)10-16(15)23/h2-10H,1H3,(H,24,27)(H,26,28). The Labute approximate surface area is 185 Å². The van der Waals surface area contributed by atoms with E-state index in [1.807, 2.05) is 0 Å². The van der Waals surface area contributed by atoms with Crippen molar-refractivity contribution in [1.82, 2.24) is 5.43 Å². The summed E-state index contributed by atoms with van der Waals surface area (Å²) in [6.07, 6.45) is 0. The maximum atomic E-state index is 12.4. The van der Waals surface area contributed by atoms with Crippen molar-refractivity contribution in [2.24, 2.45) is 5.10 Å². The number of carbonyl (C=O) groups excluding carboxylic acids is 2. The Kier molecular flexibility index (Phi) is 6.74. The zero-order valence-corrected chi connectivity index (χ0v) is 18.1. The van der Waals surface area contributed by atoms with E-state index in [0.29, 0.717) is 26.7 Å². The van der Waals surface area contributed by atoms with Crippen molar-refractivity contribution in [1.29, 1.82) is 0 Å². The van der Waals surface area contributed by atoms with E-state index >= 15 is 0 Å². The van der Waals surface area contributed by atoms with Gasteiger partial charge in [-0.15, -0.1) is 0 Å². The molecular weight excluding hydrogens is 481 g/mol. The van der Waals surface area contributed by atoms with Crippen molar-refractivity contribution in [2.75, 3.05) is 5.32 Å². The highest BCUT2D eigenvalue weighted by molar-refractivity contribution is 9.10. The molecule has 1 heterocycles. The van der Waals surface area contributed by atoms with E-state index in [4.69, 9.17) is 27.6 Å². The molecule has 0 fully saturated rings. The number of hydrogen-bond acceptors (Lipinski definition) is 4. The van der Waals surface area contributed by atoms with Crippen LogP contribution < -0.4 is 10.7 Å². The second-order valence-electron chi connectivity index (χ2n) is 5.90. The molecule has 2 amide bonds. The molecule has 0 aliphatic rings. The molecule has 9 heteroatoms. The molecule has 0 aliphatic heterocycles. The SMILES string of the molecule is CC(=NNC(=O)c1ccc(Br)o1)c1ccc(NC(=O)c2ccc(Cl)cc2Cl)cc1. The summed E-state index contributed by atoms with van der Waals surface area (Å²) in [7, 11) is 0. The largest absolute Gasteiger partial charge is 0.444 e. The summed E-state index contributed by atoms with van der Waals surface area (Å²) < 4.78 is 5.62. The predicted molar refractivity (Wildman–Crippen MR) is 117 cm³/mol. The third-order valence-corrected chi connectivity index (χ3v) is 4.83. The molecule has 0 unspecified atom stereocenters. The smallest absolute Gasteiger partial charge is 0.307 e. The van der Waals surface area contributed by atoms with Crippen LogP contribution in [-0.4, -0.2) is 17.5 Å². The number of rotatable bonds is 5. The van der Waals surface area contributed by atoms with Gasteiger partial charge in [0.05, 0.1) is 16.3 Å². The number of hydrogen-bond donors (Lipinski definition) is 2. The summed E-state index contributed by atoms with van der Waals surface area (Å²) in [4.78, 5) is 24.3. The third kappa shape index (κ3) is 5.47.